The van der Waals surface area contributed by atoms with Crippen LogP contribution < -0.4 is 5.32 Å². The van der Waals surface area contributed by atoms with E-state index in [1.165, 1.54) is 40.9 Å². The molecule has 198 valence electrons. The number of carbonyl (C=O) groups excluding carboxylic acids is 3. The molecular formula is C27H28N4O6S. The molecule has 11 heteroatoms. The van der Waals surface area contributed by atoms with Crippen molar-refractivity contribution in [2.24, 2.45) is 0 Å². The van der Waals surface area contributed by atoms with E-state index in [0.717, 1.165) is 43.6 Å². The molecule has 2 aromatic rings. The third kappa shape index (κ3) is 5.38. The Morgan fingerprint density at radius 3 is 2.42 bits per heavy atom. The molecule has 2 aromatic carbocycles. The number of nitrogens with one attached hydrogen (secondary N) is 1. The van der Waals surface area contributed by atoms with E-state index in [-0.39, 0.29) is 36.2 Å². The van der Waals surface area contributed by atoms with Crippen molar-refractivity contribution in [1.82, 2.24) is 15.1 Å². The summed E-state index contributed by atoms with van der Waals surface area (Å²) >= 11 is 1.53. The average molecular weight is 537 g/mol. The van der Waals surface area contributed by atoms with Crippen molar-refractivity contribution in [2.75, 3.05) is 18.8 Å². The first-order valence-electron chi connectivity index (χ1n) is 12.6. The minimum absolute atomic E-state index is 0.0474. The maximum Gasteiger partial charge on any atom is 0.357 e. The van der Waals surface area contributed by atoms with Crippen LogP contribution in [0.5, 0.6) is 0 Å². The molecule has 2 atom stereocenters. The number of fused-ring (bicyclic) bond motifs is 1. The first kappa shape index (κ1) is 25.8. The standard InChI is InChI=1S/C27H28N4O6S/c32-22(15-18-7-3-1-4-8-18)28-23-25(33)30-24(21(17-38-26(23)30)29-13-5-2-6-14-29)27(34)37-16-19-9-11-20(12-10-19)31(35)36/h1,3-4,7-12,23,26H,2,5-6,13-17H2,(H,28,32)/t23?,26-/m1/s1. The van der Waals surface area contributed by atoms with E-state index in [4.69, 9.17) is 4.74 Å². The Bertz CT molecular complexity index is 1260. The van der Waals surface area contributed by atoms with Gasteiger partial charge >= 0.3 is 5.97 Å². The van der Waals surface area contributed by atoms with Gasteiger partial charge in [-0.25, -0.2) is 4.79 Å². The Morgan fingerprint density at radius 1 is 1.03 bits per heavy atom. The summed E-state index contributed by atoms with van der Waals surface area (Å²) in [6.07, 6.45) is 3.31. The van der Waals surface area contributed by atoms with Gasteiger partial charge in [-0.1, -0.05) is 30.3 Å². The van der Waals surface area contributed by atoms with Gasteiger partial charge in [-0.3, -0.25) is 24.6 Å². The van der Waals surface area contributed by atoms with Gasteiger partial charge in [0, 0.05) is 31.0 Å². The molecule has 1 N–H and O–H groups in total. The van der Waals surface area contributed by atoms with E-state index < -0.39 is 22.3 Å². The predicted octanol–water partition coefficient (Wildman–Crippen LogP) is 2.98. The van der Waals surface area contributed by atoms with Gasteiger partial charge in [0.05, 0.1) is 17.0 Å². The monoisotopic (exact) mass is 536 g/mol. The third-order valence-electron chi connectivity index (χ3n) is 6.92. The summed E-state index contributed by atoms with van der Waals surface area (Å²) in [6.45, 7) is 1.53. The zero-order valence-electron chi connectivity index (χ0n) is 20.7. The molecular weight excluding hydrogens is 508 g/mol. The summed E-state index contributed by atoms with van der Waals surface area (Å²) in [5.41, 5.74) is 2.42. The van der Waals surface area contributed by atoms with Crippen LogP contribution in [0.4, 0.5) is 5.69 Å². The van der Waals surface area contributed by atoms with E-state index in [9.17, 15) is 24.5 Å². The molecule has 0 radical (unpaired) electrons. The molecule has 3 heterocycles. The molecule has 0 bridgehead atoms. The number of carbonyl (C=O) groups is 3. The van der Waals surface area contributed by atoms with Crippen LogP contribution in [0.1, 0.15) is 30.4 Å². The second kappa shape index (κ2) is 11.3. The van der Waals surface area contributed by atoms with Crippen LogP contribution in [0, 0.1) is 10.1 Å². The van der Waals surface area contributed by atoms with Crippen molar-refractivity contribution in [3.05, 3.63) is 87.2 Å². The smallest absolute Gasteiger partial charge is 0.357 e. The van der Waals surface area contributed by atoms with Crippen LogP contribution in [0.2, 0.25) is 0 Å². The van der Waals surface area contributed by atoms with Gasteiger partial charge in [-0.15, -0.1) is 11.8 Å². The molecule has 3 aliphatic heterocycles. The maximum absolute atomic E-state index is 13.4. The van der Waals surface area contributed by atoms with Crippen LogP contribution >= 0.6 is 11.8 Å². The van der Waals surface area contributed by atoms with Crippen LogP contribution in [-0.2, 0) is 32.1 Å². The second-order valence-electron chi connectivity index (χ2n) is 9.46. The number of likely N-dealkylation sites (tertiary alicyclic amines) is 1. The molecule has 2 amide bonds. The normalized spacial score (nSPS) is 20.9. The SMILES string of the molecule is O=C(Cc1ccccc1)NC1C(=O)N2C(C(=O)OCc3ccc([N+](=O)[O-])cc3)=C(N3CCCCC3)CS[C@H]12. The number of nitrogens with zero attached hydrogens (tertiary/aromatic N) is 3. The lowest BCUT2D eigenvalue weighted by atomic mass is 10.0. The van der Waals surface area contributed by atoms with E-state index in [0.29, 0.717) is 11.3 Å². The Morgan fingerprint density at radius 2 is 1.74 bits per heavy atom. The van der Waals surface area contributed by atoms with Crippen molar-refractivity contribution in [3.8, 4) is 0 Å². The first-order valence-corrected chi connectivity index (χ1v) is 13.6. The summed E-state index contributed by atoms with van der Waals surface area (Å²) < 4.78 is 5.60. The van der Waals surface area contributed by atoms with E-state index in [1.807, 2.05) is 30.3 Å². The Balaban J connectivity index is 1.31. The summed E-state index contributed by atoms with van der Waals surface area (Å²) in [6, 6.07) is 14.4. The highest BCUT2D eigenvalue weighted by Crippen LogP contribution is 2.42. The fraction of sp³-hybridized carbons (Fsp3) is 0.370. The van der Waals surface area contributed by atoms with Crippen molar-refractivity contribution >= 4 is 35.2 Å². The topological polar surface area (TPSA) is 122 Å². The number of nitro benzene ring substituents is 1. The van der Waals surface area contributed by atoms with Crippen LogP contribution in [0.3, 0.4) is 0 Å². The number of non-ortho nitro benzene ring substituents is 1. The summed E-state index contributed by atoms with van der Waals surface area (Å²) in [5.74, 6) is -0.665. The molecule has 10 nitrogen and oxygen atoms in total. The molecule has 0 aromatic heterocycles. The van der Waals surface area contributed by atoms with Gasteiger partial charge in [-0.05, 0) is 42.5 Å². The average Bonchev–Trinajstić information content (AvgIpc) is 2.95. The first-order chi connectivity index (χ1) is 18.4. The number of ether oxygens (including phenoxy) is 1. The predicted molar refractivity (Wildman–Crippen MR) is 141 cm³/mol. The van der Waals surface area contributed by atoms with Crippen LogP contribution in [0.25, 0.3) is 0 Å². The largest absolute Gasteiger partial charge is 0.456 e. The summed E-state index contributed by atoms with van der Waals surface area (Å²) in [4.78, 5) is 53.4. The lowest BCUT2D eigenvalue weighted by molar-refractivity contribution is -0.384. The fourth-order valence-electron chi connectivity index (χ4n) is 4.93. The number of nitro groups is 1. The van der Waals surface area contributed by atoms with Crippen molar-refractivity contribution < 1.29 is 24.0 Å². The van der Waals surface area contributed by atoms with E-state index >= 15 is 0 Å². The quantitative estimate of drug-likeness (QED) is 0.237. The van der Waals surface area contributed by atoms with Gasteiger partial charge in [0.15, 0.2) is 5.70 Å². The number of thioether (sulfide) groups is 1. The third-order valence-corrected chi connectivity index (χ3v) is 8.19. The fourth-order valence-corrected chi connectivity index (χ4v) is 6.32. The molecule has 3 aliphatic rings. The second-order valence-corrected chi connectivity index (χ2v) is 10.6. The zero-order valence-corrected chi connectivity index (χ0v) is 21.5. The van der Waals surface area contributed by atoms with Crippen molar-refractivity contribution in [2.45, 2.75) is 43.7 Å². The minimum atomic E-state index is -0.711. The van der Waals surface area contributed by atoms with E-state index in [2.05, 4.69) is 10.2 Å². The number of hydrogen-bond donors (Lipinski definition) is 1. The molecule has 1 unspecified atom stereocenters. The minimum Gasteiger partial charge on any atom is -0.456 e. The maximum atomic E-state index is 13.4. The molecule has 0 spiro atoms. The van der Waals surface area contributed by atoms with E-state index in [1.54, 1.807) is 0 Å². The Kier molecular flexibility index (Phi) is 7.64. The number of piperidine rings is 1. The lowest BCUT2D eigenvalue weighted by Crippen LogP contribution is -2.71. The highest BCUT2D eigenvalue weighted by Gasteiger charge is 2.55. The van der Waals surface area contributed by atoms with Gasteiger partial charge < -0.3 is 15.0 Å². The number of benzene rings is 2. The van der Waals surface area contributed by atoms with Gasteiger partial charge in [0.1, 0.15) is 18.0 Å². The van der Waals surface area contributed by atoms with Gasteiger partial charge in [0.25, 0.3) is 11.6 Å². The number of hydrogen-bond acceptors (Lipinski definition) is 8. The molecule has 2 fully saturated rings. The molecule has 0 saturated carbocycles. The highest BCUT2D eigenvalue weighted by molar-refractivity contribution is 8.00. The van der Waals surface area contributed by atoms with Gasteiger partial charge in [-0.2, -0.15) is 0 Å². The van der Waals surface area contributed by atoms with Crippen molar-refractivity contribution in [3.63, 3.8) is 0 Å². The number of β-lactam (4-membered cyclic amide) rings is 1. The van der Waals surface area contributed by atoms with Crippen LogP contribution in [0.15, 0.2) is 66.0 Å². The molecule has 38 heavy (non-hydrogen) atoms. The van der Waals surface area contributed by atoms with Gasteiger partial charge in [0.2, 0.25) is 5.91 Å². The number of esters is 1. The zero-order chi connectivity index (χ0) is 26.6. The lowest BCUT2D eigenvalue weighted by Gasteiger charge is -2.51. The Hall–Kier alpha value is -3.86. The molecule has 0 aliphatic carbocycles. The highest BCUT2D eigenvalue weighted by atomic mass is 32.2. The number of rotatable bonds is 8. The van der Waals surface area contributed by atoms with Crippen molar-refractivity contribution in [1.29, 1.82) is 0 Å². The van der Waals surface area contributed by atoms with Crippen LogP contribution in [-0.4, -0.2) is 62.8 Å². The molecule has 5 rings (SSSR count). The molecule has 2 saturated heterocycles. The summed E-state index contributed by atoms with van der Waals surface area (Å²) in [5, 5.41) is 13.4. The Labute approximate surface area is 224 Å². The number of amides is 2. The summed E-state index contributed by atoms with van der Waals surface area (Å²) in [7, 11) is 0.